The highest BCUT2D eigenvalue weighted by atomic mass is 16.6. The van der Waals surface area contributed by atoms with Gasteiger partial charge >= 0.3 is 6.09 Å². The molecule has 0 aromatic carbocycles. The second-order valence-corrected chi connectivity index (χ2v) is 7.35. The normalized spacial score (nSPS) is 21.0. The molecule has 0 bridgehead atoms. The number of allylic oxidation sites excluding steroid dienone is 6. The van der Waals surface area contributed by atoms with Gasteiger partial charge in [-0.25, -0.2) is 9.69 Å². The third-order valence-electron chi connectivity index (χ3n) is 4.93. The first-order chi connectivity index (χ1) is 12.0. The van der Waals surface area contributed by atoms with Crippen LogP contribution < -0.4 is 0 Å². The molecular formula is C21H31NO3. The van der Waals surface area contributed by atoms with Crippen molar-refractivity contribution in [1.82, 2.24) is 4.90 Å². The molecule has 1 fully saturated rings. The molecule has 2 amide bonds. The lowest BCUT2D eigenvalue weighted by Crippen LogP contribution is -2.37. The maximum Gasteiger partial charge on any atom is 0.416 e. The molecule has 2 rings (SSSR count). The summed E-state index contributed by atoms with van der Waals surface area (Å²) in [5, 5.41) is 0. The minimum Gasteiger partial charge on any atom is -0.447 e. The van der Waals surface area contributed by atoms with E-state index in [0.29, 0.717) is 13.2 Å². The molecule has 0 aromatic rings. The number of ether oxygens (including phenoxy) is 1. The fraction of sp³-hybridized carbons (Fsp3) is 0.619. The summed E-state index contributed by atoms with van der Waals surface area (Å²) < 4.78 is 4.86. The third-order valence-corrected chi connectivity index (χ3v) is 4.93. The van der Waals surface area contributed by atoms with Crippen LogP contribution in [0.15, 0.2) is 34.9 Å². The molecule has 1 heterocycles. The van der Waals surface area contributed by atoms with Gasteiger partial charge < -0.3 is 4.74 Å². The number of cyclic esters (lactones) is 1. The number of carbonyl (C=O) groups is 2. The standard InChI is InChI=1S/C21H31NO3/c1-16(2)6-4-7-17(3)8-5-9-18-10-12-19(13-11-18)20(23)22-14-15-25-21(22)24/h6,8,10,19H,4-5,7,9,11-15H2,1-3H3/b17-8+. The number of hydrogen-bond donors (Lipinski definition) is 0. The summed E-state index contributed by atoms with van der Waals surface area (Å²) in [4.78, 5) is 25.1. The van der Waals surface area contributed by atoms with E-state index in [1.807, 2.05) is 0 Å². The second kappa shape index (κ2) is 9.59. The highest BCUT2D eigenvalue weighted by molar-refractivity contribution is 5.94. The Morgan fingerprint density at radius 3 is 2.68 bits per heavy atom. The maximum absolute atomic E-state index is 12.4. The van der Waals surface area contributed by atoms with Crippen LogP contribution in [0.25, 0.3) is 0 Å². The summed E-state index contributed by atoms with van der Waals surface area (Å²) in [6, 6.07) is 0. The lowest BCUT2D eigenvalue weighted by atomic mass is 9.87. The zero-order valence-corrected chi connectivity index (χ0v) is 15.8. The summed E-state index contributed by atoms with van der Waals surface area (Å²) >= 11 is 0. The van der Waals surface area contributed by atoms with Crippen LogP contribution in [0.2, 0.25) is 0 Å². The molecule has 0 aromatic heterocycles. The molecule has 0 saturated carbocycles. The highest BCUT2D eigenvalue weighted by Crippen LogP contribution is 2.28. The van der Waals surface area contributed by atoms with E-state index in [4.69, 9.17) is 4.74 Å². The molecular weight excluding hydrogens is 314 g/mol. The van der Waals surface area contributed by atoms with Gasteiger partial charge in [0.05, 0.1) is 6.54 Å². The van der Waals surface area contributed by atoms with Gasteiger partial charge in [-0.1, -0.05) is 34.9 Å². The average molecular weight is 345 g/mol. The van der Waals surface area contributed by atoms with Gasteiger partial charge in [0.1, 0.15) is 6.61 Å². The van der Waals surface area contributed by atoms with E-state index in [9.17, 15) is 9.59 Å². The first-order valence-electron chi connectivity index (χ1n) is 9.42. The van der Waals surface area contributed by atoms with Crippen molar-refractivity contribution in [3.05, 3.63) is 34.9 Å². The lowest BCUT2D eigenvalue weighted by molar-refractivity contribution is -0.132. The van der Waals surface area contributed by atoms with Crippen molar-refractivity contribution in [3.8, 4) is 0 Å². The van der Waals surface area contributed by atoms with E-state index in [1.165, 1.54) is 21.6 Å². The smallest absolute Gasteiger partial charge is 0.416 e. The Bertz CT molecular complexity index is 582. The maximum atomic E-state index is 12.4. The predicted molar refractivity (Wildman–Crippen MR) is 100 cm³/mol. The molecule has 1 aliphatic carbocycles. The van der Waals surface area contributed by atoms with E-state index >= 15 is 0 Å². The number of nitrogens with zero attached hydrogens (tertiary/aromatic N) is 1. The molecule has 4 nitrogen and oxygen atoms in total. The Morgan fingerprint density at radius 1 is 1.28 bits per heavy atom. The molecule has 1 aliphatic heterocycles. The monoisotopic (exact) mass is 345 g/mol. The van der Waals surface area contributed by atoms with Gasteiger partial charge in [0.25, 0.3) is 0 Å². The summed E-state index contributed by atoms with van der Waals surface area (Å²) in [6.07, 6.45) is 13.3. The first kappa shape index (κ1) is 19.5. The van der Waals surface area contributed by atoms with Crippen LogP contribution >= 0.6 is 0 Å². The lowest BCUT2D eigenvalue weighted by Gasteiger charge is -2.23. The largest absolute Gasteiger partial charge is 0.447 e. The van der Waals surface area contributed by atoms with Gasteiger partial charge in [-0.2, -0.15) is 0 Å². The van der Waals surface area contributed by atoms with Crippen LogP contribution in [0, 0.1) is 5.92 Å². The van der Waals surface area contributed by atoms with Crippen LogP contribution in [0.4, 0.5) is 4.79 Å². The third kappa shape index (κ3) is 6.18. The van der Waals surface area contributed by atoms with E-state index in [2.05, 4.69) is 39.0 Å². The number of amides is 2. The number of hydrogen-bond acceptors (Lipinski definition) is 3. The zero-order chi connectivity index (χ0) is 18.2. The Hall–Kier alpha value is -1.84. The van der Waals surface area contributed by atoms with E-state index < -0.39 is 6.09 Å². The molecule has 0 spiro atoms. The minimum absolute atomic E-state index is 0.0595. The molecule has 138 valence electrons. The van der Waals surface area contributed by atoms with Gasteiger partial charge in [-0.05, 0) is 65.7 Å². The number of rotatable bonds is 7. The zero-order valence-electron chi connectivity index (χ0n) is 15.8. The van der Waals surface area contributed by atoms with Crippen LogP contribution in [-0.2, 0) is 9.53 Å². The Labute approximate surface area is 151 Å². The summed E-state index contributed by atoms with van der Waals surface area (Å²) in [7, 11) is 0. The SMILES string of the molecule is CC(C)=CCC/C(C)=C/CCC1=CCC(C(=O)N2CCOC2=O)CC1. The quantitative estimate of drug-likeness (QED) is 0.598. The summed E-state index contributed by atoms with van der Waals surface area (Å²) in [5.74, 6) is -0.122. The molecule has 1 unspecified atom stereocenters. The van der Waals surface area contributed by atoms with Crippen LogP contribution in [0.5, 0.6) is 0 Å². The molecule has 0 radical (unpaired) electrons. The molecule has 0 N–H and O–H groups in total. The Balaban J connectivity index is 1.73. The highest BCUT2D eigenvalue weighted by Gasteiger charge is 2.33. The minimum atomic E-state index is -0.478. The molecule has 25 heavy (non-hydrogen) atoms. The molecule has 2 aliphatic rings. The van der Waals surface area contributed by atoms with Crippen LogP contribution in [-0.4, -0.2) is 30.1 Å². The van der Waals surface area contributed by atoms with Crippen molar-refractivity contribution < 1.29 is 14.3 Å². The Kier molecular flexibility index (Phi) is 7.48. The van der Waals surface area contributed by atoms with Gasteiger partial charge in [0.15, 0.2) is 0 Å². The van der Waals surface area contributed by atoms with Crippen molar-refractivity contribution in [1.29, 1.82) is 0 Å². The van der Waals surface area contributed by atoms with Crippen LogP contribution in [0.3, 0.4) is 0 Å². The van der Waals surface area contributed by atoms with Gasteiger partial charge in [-0.3, -0.25) is 4.79 Å². The summed E-state index contributed by atoms with van der Waals surface area (Å²) in [5.41, 5.74) is 4.28. The van der Waals surface area contributed by atoms with E-state index in [1.54, 1.807) is 0 Å². The van der Waals surface area contributed by atoms with Crippen molar-refractivity contribution in [3.63, 3.8) is 0 Å². The topological polar surface area (TPSA) is 46.6 Å². The van der Waals surface area contributed by atoms with Crippen molar-refractivity contribution in [2.45, 2.75) is 65.7 Å². The predicted octanol–water partition coefficient (Wildman–Crippen LogP) is 5.16. The van der Waals surface area contributed by atoms with E-state index in [-0.39, 0.29) is 11.8 Å². The summed E-state index contributed by atoms with van der Waals surface area (Å²) in [6.45, 7) is 7.22. The number of imide groups is 1. The van der Waals surface area contributed by atoms with Crippen molar-refractivity contribution >= 4 is 12.0 Å². The molecule has 1 saturated heterocycles. The van der Waals surface area contributed by atoms with Gasteiger partial charge in [-0.15, -0.1) is 0 Å². The van der Waals surface area contributed by atoms with Crippen molar-refractivity contribution in [2.24, 2.45) is 5.92 Å². The van der Waals surface area contributed by atoms with Gasteiger partial charge in [0.2, 0.25) is 5.91 Å². The number of carbonyl (C=O) groups excluding carboxylic acids is 2. The fourth-order valence-corrected chi connectivity index (χ4v) is 3.35. The fourth-order valence-electron chi connectivity index (χ4n) is 3.35. The molecule has 1 atom stereocenters. The first-order valence-corrected chi connectivity index (χ1v) is 9.42. The molecule has 4 heteroatoms. The Morgan fingerprint density at radius 2 is 2.08 bits per heavy atom. The van der Waals surface area contributed by atoms with Gasteiger partial charge in [0, 0.05) is 5.92 Å². The average Bonchev–Trinajstić information content (AvgIpc) is 3.00. The van der Waals surface area contributed by atoms with E-state index in [0.717, 1.165) is 44.9 Å². The second-order valence-electron chi connectivity index (χ2n) is 7.35. The van der Waals surface area contributed by atoms with Crippen molar-refractivity contribution in [2.75, 3.05) is 13.2 Å². The van der Waals surface area contributed by atoms with Crippen LogP contribution in [0.1, 0.15) is 65.7 Å².